The van der Waals surface area contributed by atoms with E-state index in [1.54, 1.807) is 0 Å². The van der Waals surface area contributed by atoms with Gasteiger partial charge in [-0.25, -0.2) is 8.42 Å². The minimum atomic E-state index is -3.11. The highest BCUT2D eigenvalue weighted by Gasteiger charge is 2.40. The summed E-state index contributed by atoms with van der Waals surface area (Å²) in [6.07, 6.45) is -0.830. The highest BCUT2D eigenvalue weighted by molar-refractivity contribution is 7.91. The molecule has 0 aromatic rings. The lowest BCUT2D eigenvalue weighted by molar-refractivity contribution is 0.0509. The van der Waals surface area contributed by atoms with Crippen molar-refractivity contribution in [1.29, 1.82) is 0 Å². The number of hydrogen-bond donors (Lipinski definition) is 2. The third-order valence-electron chi connectivity index (χ3n) is 2.74. The van der Waals surface area contributed by atoms with Crippen LogP contribution in [0.2, 0.25) is 0 Å². The Bertz CT molecular complexity index is 301. The molecule has 2 N–H and O–H groups in total. The summed E-state index contributed by atoms with van der Waals surface area (Å²) >= 11 is 0. The summed E-state index contributed by atoms with van der Waals surface area (Å²) in [6.45, 7) is 4.22. The zero-order valence-corrected chi connectivity index (χ0v) is 9.94. The maximum atomic E-state index is 11.3. The lowest BCUT2D eigenvalue weighted by atomic mass is 10.1. The number of nitrogens with zero attached hydrogens (tertiary/aromatic N) is 1. The Kier molecular flexibility index (Phi) is 4.11. The van der Waals surface area contributed by atoms with Gasteiger partial charge in [0.25, 0.3) is 0 Å². The zero-order chi connectivity index (χ0) is 11.6. The molecule has 1 saturated heterocycles. The van der Waals surface area contributed by atoms with E-state index in [-0.39, 0.29) is 30.2 Å². The SMILES string of the molecule is CC(C)N(CCO)[C@@H]1CS(=O)(=O)C[C@H]1O. The number of aliphatic hydroxyl groups excluding tert-OH is 2. The first-order valence-corrected chi connectivity index (χ1v) is 6.94. The van der Waals surface area contributed by atoms with Gasteiger partial charge in [0.05, 0.1) is 30.3 Å². The smallest absolute Gasteiger partial charge is 0.154 e. The molecule has 1 aliphatic heterocycles. The van der Waals surface area contributed by atoms with E-state index in [9.17, 15) is 13.5 Å². The molecule has 0 bridgehead atoms. The Balaban J connectivity index is 2.77. The lowest BCUT2D eigenvalue weighted by Crippen LogP contribution is -2.48. The molecule has 1 rings (SSSR count). The number of aliphatic hydroxyl groups is 2. The highest BCUT2D eigenvalue weighted by Crippen LogP contribution is 2.20. The van der Waals surface area contributed by atoms with E-state index < -0.39 is 15.9 Å². The molecule has 0 spiro atoms. The van der Waals surface area contributed by atoms with Gasteiger partial charge in [0.15, 0.2) is 9.84 Å². The van der Waals surface area contributed by atoms with Crippen molar-refractivity contribution >= 4 is 9.84 Å². The summed E-state index contributed by atoms with van der Waals surface area (Å²) in [7, 11) is -3.11. The van der Waals surface area contributed by atoms with Crippen LogP contribution in [0.1, 0.15) is 13.8 Å². The van der Waals surface area contributed by atoms with E-state index in [1.165, 1.54) is 0 Å². The molecule has 5 nitrogen and oxygen atoms in total. The van der Waals surface area contributed by atoms with Crippen molar-refractivity contribution < 1.29 is 18.6 Å². The predicted octanol–water partition coefficient (Wildman–Crippen LogP) is -1.15. The third-order valence-corrected chi connectivity index (χ3v) is 4.44. The summed E-state index contributed by atoms with van der Waals surface area (Å²) in [5.74, 6) is -0.168. The van der Waals surface area contributed by atoms with Crippen LogP contribution in [-0.4, -0.2) is 66.4 Å². The van der Waals surface area contributed by atoms with Crippen molar-refractivity contribution in [2.45, 2.75) is 32.0 Å². The van der Waals surface area contributed by atoms with E-state index in [2.05, 4.69) is 0 Å². The fourth-order valence-corrected chi connectivity index (χ4v) is 3.86. The number of hydrogen-bond acceptors (Lipinski definition) is 5. The Morgan fingerprint density at radius 1 is 1.40 bits per heavy atom. The third kappa shape index (κ3) is 3.14. The Morgan fingerprint density at radius 2 is 2.00 bits per heavy atom. The van der Waals surface area contributed by atoms with Crippen LogP contribution in [0.25, 0.3) is 0 Å². The van der Waals surface area contributed by atoms with Gasteiger partial charge in [-0.15, -0.1) is 0 Å². The average Bonchev–Trinajstić information content (AvgIpc) is 2.35. The van der Waals surface area contributed by atoms with Crippen molar-refractivity contribution in [2.24, 2.45) is 0 Å². The van der Waals surface area contributed by atoms with Crippen molar-refractivity contribution in [1.82, 2.24) is 4.90 Å². The molecule has 2 atom stereocenters. The van der Waals surface area contributed by atoms with Crippen LogP contribution >= 0.6 is 0 Å². The maximum Gasteiger partial charge on any atom is 0.154 e. The van der Waals surface area contributed by atoms with Crippen LogP contribution < -0.4 is 0 Å². The molecule has 6 heteroatoms. The Hall–Kier alpha value is -0.170. The molecular formula is C9H19NO4S. The summed E-state index contributed by atoms with van der Waals surface area (Å²) in [5, 5.41) is 18.6. The molecule has 0 aromatic carbocycles. The highest BCUT2D eigenvalue weighted by atomic mass is 32.2. The predicted molar refractivity (Wildman–Crippen MR) is 57.4 cm³/mol. The van der Waals surface area contributed by atoms with Crippen molar-refractivity contribution in [3.63, 3.8) is 0 Å². The largest absolute Gasteiger partial charge is 0.395 e. The molecule has 0 saturated carbocycles. The maximum absolute atomic E-state index is 11.3. The summed E-state index contributed by atoms with van der Waals surface area (Å²) in [6, 6.07) is -0.257. The van der Waals surface area contributed by atoms with Gasteiger partial charge in [-0.1, -0.05) is 0 Å². The minimum absolute atomic E-state index is 0.00759. The molecule has 15 heavy (non-hydrogen) atoms. The van der Waals surface area contributed by atoms with Crippen molar-refractivity contribution in [3.8, 4) is 0 Å². The summed E-state index contributed by atoms with van der Waals surface area (Å²) in [5.41, 5.74) is 0. The summed E-state index contributed by atoms with van der Waals surface area (Å²) < 4.78 is 22.7. The quantitative estimate of drug-likeness (QED) is 0.645. The van der Waals surface area contributed by atoms with Crippen molar-refractivity contribution in [3.05, 3.63) is 0 Å². The molecule has 1 aliphatic rings. The van der Waals surface area contributed by atoms with Crippen LogP contribution in [0.4, 0.5) is 0 Å². The van der Waals surface area contributed by atoms with Gasteiger partial charge in [-0.2, -0.15) is 0 Å². The van der Waals surface area contributed by atoms with Gasteiger partial charge in [0.2, 0.25) is 0 Å². The second-order valence-corrected chi connectivity index (χ2v) is 6.42. The van der Waals surface area contributed by atoms with Crippen LogP contribution in [0, 0.1) is 0 Å². The van der Waals surface area contributed by atoms with Gasteiger partial charge in [-0.3, -0.25) is 4.90 Å². The van der Waals surface area contributed by atoms with E-state index in [1.807, 2.05) is 18.7 Å². The van der Waals surface area contributed by atoms with Crippen LogP contribution in [0.5, 0.6) is 0 Å². The average molecular weight is 237 g/mol. The van der Waals surface area contributed by atoms with E-state index in [0.29, 0.717) is 6.54 Å². The van der Waals surface area contributed by atoms with Crippen LogP contribution in [-0.2, 0) is 9.84 Å². The fourth-order valence-electron chi connectivity index (χ4n) is 2.05. The molecule has 0 radical (unpaired) electrons. The first kappa shape index (κ1) is 12.9. The Morgan fingerprint density at radius 3 is 2.33 bits per heavy atom. The molecule has 0 aliphatic carbocycles. The van der Waals surface area contributed by atoms with Crippen molar-refractivity contribution in [2.75, 3.05) is 24.7 Å². The minimum Gasteiger partial charge on any atom is -0.395 e. The van der Waals surface area contributed by atoms with E-state index in [0.717, 1.165) is 0 Å². The van der Waals surface area contributed by atoms with Gasteiger partial charge >= 0.3 is 0 Å². The fraction of sp³-hybridized carbons (Fsp3) is 1.00. The van der Waals surface area contributed by atoms with Gasteiger partial charge in [0, 0.05) is 12.6 Å². The number of sulfone groups is 1. The van der Waals surface area contributed by atoms with Gasteiger partial charge in [0.1, 0.15) is 0 Å². The van der Waals surface area contributed by atoms with Gasteiger partial charge in [-0.05, 0) is 13.8 Å². The molecule has 0 amide bonds. The normalized spacial score (nSPS) is 30.3. The zero-order valence-electron chi connectivity index (χ0n) is 9.13. The van der Waals surface area contributed by atoms with Crippen LogP contribution in [0.15, 0.2) is 0 Å². The first-order chi connectivity index (χ1) is 6.87. The van der Waals surface area contributed by atoms with E-state index in [4.69, 9.17) is 5.11 Å². The molecule has 0 unspecified atom stereocenters. The second-order valence-electron chi connectivity index (χ2n) is 4.27. The molecular weight excluding hydrogens is 218 g/mol. The standard InChI is InChI=1S/C9H19NO4S/c1-7(2)10(3-4-11)8-5-15(13,14)6-9(8)12/h7-9,11-12H,3-6H2,1-2H3/t8-,9-/m1/s1. The Labute approximate surface area is 90.6 Å². The molecule has 90 valence electrons. The second kappa shape index (κ2) is 4.78. The summed E-state index contributed by atoms with van der Waals surface area (Å²) in [4.78, 5) is 1.84. The molecule has 0 aromatic heterocycles. The topological polar surface area (TPSA) is 77.8 Å². The van der Waals surface area contributed by atoms with Crippen LogP contribution in [0.3, 0.4) is 0 Å². The number of rotatable bonds is 4. The van der Waals surface area contributed by atoms with E-state index >= 15 is 0 Å². The van der Waals surface area contributed by atoms with Gasteiger partial charge < -0.3 is 10.2 Å². The molecule has 1 fully saturated rings. The molecule has 1 heterocycles. The first-order valence-electron chi connectivity index (χ1n) is 5.12. The lowest BCUT2D eigenvalue weighted by Gasteiger charge is -2.32. The monoisotopic (exact) mass is 237 g/mol.